The Balaban J connectivity index is 1.37. The van der Waals surface area contributed by atoms with Gasteiger partial charge in [-0.15, -0.1) is 11.3 Å². The van der Waals surface area contributed by atoms with E-state index in [0.717, 1.165) is 29.1 Å². The molecule has 3 N–H and O–H groups in total. The zero-order chi connectivity index (χ0) is 19.3. The van der Waals surface area contributed by atoms with Crippen molar-refractivity contribution in [2.75, 3.05) is 19.0 Å². The Morgan fingerprint density at radius 1 is 1.04 bits per heavy atom. The lowest BCUT2D eigenvalue weighted by Gasteiger charge is -2.13. The normalized spacial score (nSPS) is 12.1. The Hall–Kier alpha value is -2.89. The van der Waals surface area contributed by atoms with Crippen molar-refractivity contribution in [3.05, 3.63) is 78.6 Å². The van der Waals surface area contributed by atoms with E-state index >= 15 is 0 Å². The molecule has 0 amide bonds. The van der Waals surface area contributed by atoms with Gasteiger partial charge < -0.3 is 15.8 Å². The van der Waals surface area contributed by atoms with Gasteiger partial charge in [-0.05, 0) is 59.3 Å². The minimum absolute atomic E-state index is 0.0483. The molecule has 2 aromatic carbocycles. The number of hydrogen-bond acceptors (Lipinski definition) is 5. The van der Waals surface area contributed by atoms with Crippen LogP contribution in [0, 0.1) is 0 Å². The van der Waals surface area contributed by atoms with E-state index in [-0.39, 0.29) is 6.04 Å². The maximum Gasteiger partial charge on any atom is 0.118 e. The fourth-order valence-electron chi connectivity index (χ4n) is 3.19. The Morgan fingerprint density at radius 3 is 2.71 bits per heavy atom. The van der Waals surface area contributed by atoms with Crippen LogP contribution in [0.1, 0.15) is 5.56 Å². The second kappa shape index (κ2) is 8.42. The third-order valence-corrected chi connectivity index (χ3v) is 5.82. The minimum Gasteiger partial charge on any atom is -0.497 e. The minimum atomic E-state index is 0.0483. The number of nitrogens with one attached hydrogen (secondary N) is 1. The number of rotatable bonds is 7. The SMILES string of the molecule is COc1ccc(C[C@H](N)CNc2ccc(-c3ccc4cnccc4c3)s2)cc1. The van der Waals surface area contributed by atoms with Crippen LogP contribution in [-0.4, -0.2) is 24.7 Å². The molecule has 0 unspecified atom stereocenters. The van der Waals surface area contributed by atoms with Crippen LogP contribution in [0.3, 0.4) is 0 Å². The lowest BCUT2D eigenvalue weighted by molar-refractivity contribution is 0.414. The van der Waals surface area contributed by atoms with E-state index < -0.39 is 0 Å². The van der Waals surface area contributed by atoms with Crippen molar-refractivity contribution < 1.29 is 4.74 Å². The van der Waals surface area contributed by atoms with Crippen molar-refractivity contribution in [3.8, 4) is 16.2 Å². The number of aromatic nitrogens is 1. The highest BCUT2D eigenvalue weighted by atomic mass is 32.1. The predicted molar refractivity (Wildman–Crippen MR) is 118 cm³/mol. The average Bonchev–Trinajstić information content (AvgIpc) is 3.21. The van der Waals surface area contributed by atoms with Gasteiger partial charge in [0.1, 0.15) is 5.75 Å². The summed E-state index contributed by atoms with van der Waals surface area (Å²) < 4.78 is 5.20. The number of ether oxygens (including phenoxy) is 1. The molecule has 4 aromatic rings. The molecule has 4 rings (SSSR count). The highest BCUT2D eigenvalue weighted by Gasteiger charge is 2.07. The monoisotopic (exact) mass is 389 g/mol. The molecular weight excluding hydrogens is 366 g/mol. The number of pyridine rings is 1. The molecule has 2 heterocycles. The summed E-state index contributed by atoms with van der Waals surface area (Å²) in [6.07, 6.45) is 4.55. The quantitative estimate of drug-likeness (QED) is 0.469. The lowest BCUT2D eigenvalue weighted by Crippen LogP contribution is -2.31. The Bertz CT molecular complexity index is 1060. The van der Waals surface area contributed by atoms with Crippen LogP contribution >= 0.6 is 11.3 Å². The van der Waals surface area contributed by atoms with Crippen LogP contribution in [0.25, 0.3) is 21.2 Å². The van der Waals surface area contributed by atoms with Crippen molar-refractivity contribution in [1.29, 1.82) is 0 Å². The number of hydrogen-bond donors (Lipinski definition) is 2. The second-order valence-corrected chi connectivity index (χ2v) is 7.88. The molecule has 0 saturated carbocycles. The molecule has 0 aliphatic carbocycles. The maximum absolute atomic E-state index is 6.31. The predicted octanol–water partition coefficient (Wildman–Crippen LogP) is 4.95. The number of anilines is 1. The number of fused-ring (bicyclic) bond motifs is 1. The summed E-state index contributed by atoms with van der Waals surface area (Å²) >= 11 is 1.75. The first-order valence-electron chi connectivity index (χ1n) is 9.27. The van der Waals surface area contributed by atoms with Gasteiger partial charge in [0.15, 0.2) is 0 Å². The third-order valence-electron chi connectivity index (χ3n) is 4.73. The first-order valence-corrected chi connectivity index (χ1v) is 10.1. The van der Waals surface area contributed by atoms with Gasteiger partial charge in [-0.3, -0.25) is 4.98 Å². The van der Waals surface area contributed by atoms with Crippen molar-refractivity contribution >= 4 is 27.1 Å². The lowest BCUT2D eigenvalue weighted by atomic mass is 10.1. The Kier molecular flexibility index (Phi) is 5.55. The van der Waals surface area contributed by atoms with E-state index in [4.69, 9.17) is 10.5 Å². The van der Waals surface area contributed by atoms with Crippen LogP contribution in [-0.2, 0) is 6.42 Å². The van der Waals surface area contributed by atoms with Crippen molar-refractivity contribution in [2.45, 2.75) is 12.5 Å². The molecule has 28 heavy (non-hydrogen) atoms. The largest absolute Gasteiger partial charge is 0.497 e. The summed E-state index contributed by atoms with van der Waals surface area (Å²) in [6, 6.07) is 20.9. The Morgan fingerprint density at radius 2 is 1.89 bits per heavy atom. The van der Waals surface area contributed by atoms with Gasteiger partial charge in [-0.25, -0.2) is 0 Å². The first-order chi connectivity index (χ1) is 13.7. The van der Waals surface area contributed by atoms with Gasteiger partial charge in [0.25, 0.3) is 0 Å². The Labute approximate surface area is 169 Å². The average molecular weight is 390 g/mol. The molecule has 142 valence electrons. The number of nitrogens with zero attached hydrogens (tertiary/aromatic N) is 1. The number of nitrogens with two attached hydrogens (primary N) is 1. The van der Waals surface area contributed by atoms with E-state index in [1.54, 1.807) is 18.4 Å². The van der Waals surface area contributed by atoms with E-state index in [9.17, 15) is 0 Å². The molecular formula is C23H23N3OS. The van der Waals surface area contributed by atoms with Gasteiger partial charge >= 0.3 is 0 Å². The highest BCUT2D eigenvalue weighted by Crippen LogP contribution is 2.33. The van der Waals surface area contributed by atoms with Crippen LogP contribution in [0.2, 0.25) is 0 Å². The molecule has 5 heteroatoms. The molecule has 0 aliphatic heterocycles. The fourth-order valence-corrected chi connectivity index (χ4v) is 4.10. The molecule has 0 saturated heterocycles. The standard InChI is InChI=1S/C23H23N3OS/c1-27-21-6-2-16(3-7-21)12-20(24)15-26-23-9-8-22(28-23)18-4-5-19-14-25-11-10-17(19)13-18/h2-11,13-14,20,26H,12,15,24H2,1H3/t20-/m0/s1. The van der Waals surface area contributed by atoms with Crippen molar-refractivity contribution in [2.24, 2.45) is 5.73 Å². The van der Waals surface area contributed by atoms with E-state index in [2.05, 4.69) is 52.8 Å². The fraction of sp³-hybridized carbons (Fsp3) is 0.174. The molecule has 0 fully saturated rings. The molecule has 0 aliphatic rings. The second-order valence-electron chi connectivity index (χ2n) is 6.79. The number of benzene rings is 2. The topological polar surface area (TPSA) is 60.2 Å². The van der Waals surface area contributed by atoms with Gasteiger partial charge in [0.05, 0.1) is 12.1 Å². The summed E-state index contributed by atoms with van der Waals surface area (Å²) in [5, 5.41) is 6.97. The van der Waals surface area contributed by atoms with Crippen LogP contribution in [0.5, 0.6) is 5.75 Å². The maximum atomic E-state index is 6.31. The molecule has 1 atom stereocenters. The molecule has 4 nitrogen and oxygen atoms in total. The smallest absolute Gasteiger partial charge is 0.118 e. The summed E-state index contributed by atoms with van der Waals surface area (Å²) in [6.45, 7) is 0.732. The zero-order valence-corrected chi connectivity index (χ0v) is 16.6. The molecule has 2 aromatic heterocycles. The van der Waals surface area contributed by atoms with E-state index in [1.807, 2.05) is 30.6 Å². The molecule has 0 bridgehead atoms. The van der Waals surface area contributed by atoms with Gasteiger partial charge in [0.2, 0.25) is 0 Å². The van der Waals surface area contributed by atoms with E-state index in [0.29, 0.717) is 0 Å². The summed E-state index contributed by atoms with van der Waals surface area (Å²) in [4.78, 5) is 5.41. The van der Waals surface area contributed by atoms with Crippen molar-refractivity contribution in [1.82, 2.24) is 4.98 Å². The van der Waals surface area contributed by atoms with Crippen molar-refractivity contribution in [3.63, 3.8) is 0 Å². The van der Waals surface area contributed by atoms with Crippen LogP contribution in [0.4, 0.5) is 5.00 Å². The van der Waals surface area contributed by atoms with Gasteiger partial charge in [0, 0.05) is 35.2 Å². The molecule has 0 spiro atoms. The third kappa shape index (κ3) is 4.32. The van der Waals surface area contributed by atoms with Crippen LogP contribution < -0.4 is 15.8 Å². The summed E-state index contributed by atoms with van der Waals surface area (Å²) in [7, 11) is 1.68. The zero-order valence-electron chi connectivity index (χ0n) is 15.8. The first kappa shape index (κ1) is 18.5. The highest BCUT2D eigenvalue weighted by molar-refractivity contribution is 7.19. The van der Waals surface area contributed by atoms with Crippen LogP contribution in [0.15, 0.2) is 73.1 Å². The summed E-state index contributed by atoms with van der Waals surface area (Å²) in [5.41, 5.74) is 8.75. The molecule has 0 radical (unpaired) electrons. The van der Waals surface area contributed by atoms with Gasteiger partial charge in [-0.1, -0.05) is 24.3 Å². The van der Waals surface area contributed by atoms with Gasteiger partial charge in [-0.2, -0.15) is 0 Å². The van der Waals surface area contributed by atoms with E-state index in [1.165, 1.54) is 21.4 Å². The number of methoxy groups -OCH3 is 1. The number of thiophene rings is 1. The summed E-state index contributed by atoms with van der Waals surface area (Å²) in [5.74, 6) is 0.867.